The average molecular weight is 507 g/mol. The Kier molecular flexibility index (Phi) is 8.41. The first kappa shape index (κ1) is 27.1. The lowest BCUT2D eigenvalue weighted by atomic mass is 9.88. The molecule has 2 aromatic rings. The number of nitrogens with zero attached hydrogens (tertiary/aromatic N) is 4. The number of nitro groups is 4. The van der Waals surface area contributed by atoms with Crippen molar-refractivity contribution in [3.8, 4) is 0 Å². The Morgan fingerprint density at radius 1 is 0.829 bits per heavy atom. The molecule has 0 aromatic heterocycles. The van der Waals surface area contributed by atoms with Gasteiger partial charge in [-0.2, -0.15) is 0 Å². The first-order valence-electron chi connectivity index (χ1n) is 9.98. The van der Waals surface area contributed by atoms with E-state index in [9.17, 15) is 45.3 Å². The van der Waals surface area contributed by atoms with Crippen molar-refractivity contribution >= 4 is 46.0 Å². The smallest absolute Gasteiger partial charge is 0.299 e. The first-order valence-corrected chi connectivity index (χ1v) is 11.0. The molecular formula is C20H21N5O9S. The molecule has 0 saturated carbocycles. The van der Waals surface area contributed by atoms with E-state index in [1.54, 1.807) is 20.8 Å². The molecule has 186 valence electrons. The Morgan fingerprint density at radius 2 is 1.23 bits per heavy atom. The minimum Gasteiger partial charge on any atom is -0.363 e. The number of nitro benzene ring substituents is 4. The van der Waals surface area contributed by atoms with E-state index in [-0.39, 0.29) is 17.1 Å². The number of nitrogens with one attached hydrogen (secondary N) is 1. The lowest BCUT2D eigenvalue weighted by Gasteiger charge is -2.23. The van der Waals surface area contributed by atoms with Crippen LogP contribution in [0.2, 0.25) is 0 Å². The second kappa shape index (κ2) is 10.9. The molecule has 1 atom stereocenters. The highest BCUT2D eigenvalue weighted by Gasteiger charge is 2.33. The van der Waals surface area contributed by atoms with Gasteiger partial charge in [0, 0.05) is 36.4 Å². The Labute approximate surface area is 202 Å². The minimum atomic E-state index is -1.29. The Morgan fingerprint density at radius 3 is 1.60 bits per heavy atom. The number of hydrogen-bond acceptors (Lipinski definition) is 11. The van der Waals surface area contributed by atoms with Crippen LogP contribution in [0.3, 0.4) is 0 Å². The van der Waals surface area contributed by atoms with Gasteiger partial charge < -0.3 is 5.32 Å². The predicted octanol–water partition coefficient (Wildman–Crippen LogP) is 4.90. The number of hydrogen-bond donors (Lipinski definition) is 1. The summed E-state index contributed by atoms with van der Waals surface area (Å²) < 4.78 is 0. The maximum absolute atomic E-state index is 13.1. The fraction of sp³-hybridized carbons (Fsp3) is 0.350. The van der Waals surface area contributed by atoms with E-state index in [1.165, 1.54) is 0 Å². The van der Waals surface area contributed by atoms with E-state index in [1.807, 2.05) is 0 Å². The Balaban J connectivity index is 2.55. The lowest BCUT2D eigenvalue weighted by Crippen LogP contribution is -2.35. The summed E-state index contributed by atoms with van der Waals surface area (Å²) >= 11 is 0.634. The van der Waals surface area contributed by atoms with E-state index in [4.69, 9.17) is 0 Å². The summed E-state index contributed by atoms with van der Waals surface area (Å²) in [5, 5.41) is 48.4. The van der Waals surface area contributed by atoms with Crippen molar-refractivity contribution in [2.75, 3.05) is 11.1 Å². The number of carbonyl (C=O) groups is 1. The molecule has 0 amide bonds. The van der Waals surface area contributed by atoms with Crippen molar-refractivity contribution in [2.45, 2.75) is 38.1 Å². The van der Waals surface area contributed by atoms with Crippen LogP contribution in [0.4, 0.5) is 28.4 Å². The maximum Gasteiger partial charge on any atom is 0.299 e. The second-order valence-corrected chi connectivity index (χ2v) is 9.57. The molecule has 0 aliphatic heterocycles. The SMILES string of the molecule is CC(C)(C)CC(=O)[C@H](CSc1c([N+](=O)[O-])cccc1[N+](=O)[O-])Nc1c([N+](=O)[O-])cccc1[N+](=O)[O-]. The van der Waals surface area contributed by atoms with Gasteiger partial charge in [-0.05, 0) is 17.5 Å². The lowest BCUT2D eigenvalue weighted by molar-refractivity contribution is -0.399. The highest BCUT2D eigenvalue weighted by Crippen LogP contribution is 2.39. The first-order chi connectivity index (χ1) is 16.2. The third-order valence-electron chi connectivity index (χ3n) is 4.59. The van der Waals surface area contributed by atoms with Crippen LogP contribution in [0, 0.1) is 45.9 Å². The molecule has 0 aliphatic rings. The number of thioether (sulfide) groups is 1. The molecule has 15 heteroatoms. The van der Waals surface area contributed by atoms with Crippen LogP contribution in [-0.4, -0.2) is 37.3 Å². The van der Waals surface area contributed by atoms with Gasteiger partial charge in [-0.3, -0.25) is 45.3 Å². The summed E-state index contributed by atoms with van der Waals surface area (Å²) in [6.07, 6.45) is -0.0430. The van der Waals surface area contributed by atoms with Gasteiger partial charge in [-0.15, -0.1) is 11.8 Å². The third-order valence-corrected chi connectivity index (χ3v) is 5.79. The van der Waals surface area contributed by atoms with Gasteiger partial charge in [0.15, 0.2) is 16.4 Å². The number of anilines is 1. The van der Waals surface area contributed by atoms with E-state index in [0.29, 0.717) is 11.8 Å². The number of benzene rings is 2. The van der Waals surface area contributed by atoms with Gasteiger partial charge in [-0.1, -0.05) is 20.8 Å². The minimum absolute atomic E-state index is 0.0430. The van der Waals surface area contributed by atoms with Crippen LogP contribution >= 0.6 is 11.8 Å². The monoisotopic (exact) mass is 507 g/mol. The number of carbonyl (C=O) groups excluding carboxylic acids is 1. The van der Waals surface area contributed by atoms with Crippen molar-refractivity contribution in [3.05, 3.63) is 76.9 Å². The zero-order chi connectivity index (χ0) is 26.5. The molecule has 2 aromatic carbocycles. The number of rotatable bonds is 11. The summed E-state index contributed by atoms with van der Waals surface area (Å²) in [5.41, 5.74) is -3.43. The van der Waals surface area contributed by atoms with E-state index < -0.39 is 65.4 Å². The third kappa shape index (κ3) is 6.92. The Hall–Kier alpha value is -4.14. The van der Waals surface area contributed by atoms with Crippen LogP contribution in [0.25, 0.3) is 0 Å². The fourth-order valence-electron chi connectivity index (χ4n) is 3.13. The Bertz CT molecular complexity index is 1130. The number of Topliss-reactive ketones (excluding diaryl/α,β-unsaturated/α-hetero) is 1. The molecule has 0 spiro atoms. The van der Waals surface area contributed by atoms with Crippen molar-refractivity contribution < 1.29 is 24.5 Å². The molecule has 0 fully saturated rings. The van der Waals surface area contributed by atoms with E-state index >= 15 is 0 Å². The number of ketones is 1. The highest BCUT2D eigenvalue weighted by atomic mass is 32.2. The van der Waals surface area contributed by atoms with E-state index in [2.05, 4.69) is 5.32 Å². The second-order valence-electron chi connectivity index (χ2n) is 8.54. The topological polar surface area (TPSA) is 202 Å². The molecule has 0 bridgehead atoms. The van der Waals surface area contributed by atoms with Gasteiger partial charge in [0.25, 0.3) is 22.7 Å². The largest absolute Gasteiger partial charge is 0.363 e. The van der Waals surface area contributed by atoms with Gasteiger partial charge in [0.1, 0.15) is 0 Å². The molecule has 0 unspecified atom stereocenters. The standard InChI is InChI=1S/C20H21N5O9S/c1-20(2,3)10-17(26)12(21-18-13(22(27)28)6-4-7-14(18)23(29)30)11-35-19-15(24(31)32)8-5-9-16(19)25(33)34/h4-9,12,21H,10-11H2,1-3H3/t12-/m0/s1. The van der Waals surface area contributed by atoms with E-state index in [0.717, 1.165) is 36.4 Å². The molecule has 14 nitrogen and oxygen atoms in total. The quantitative estimate of drug-likeness (QED) is 0.246. The van der Waals surface area contributed by atoms with Gasteiger partial charge in [-0.25, -0.2) is 0 Å². The van der Waals surface area contributed by atoms with Gasteiger partial charge in [0.2, 0.25) is 0 Å². The van der Waals surface area contributed by atoms with Crippen LogP contribution in [-0.2, 0) is 4.79 Å². The maximum atomic E-state index is 13.1. The molecule has 1 N–H and O–H groups in total. The molecule has 0 radical (unpaired) electrons. The van der Waals surface area contributed by atoms with Crippen LogP contribution in [0.1, 0.15) is 27.2 Å². The fourth-order valence-corrected chi connectivity index (χ4v) is 4.31. The molecule has 0 aliphatic carbocycles. The zero-order valence-corrected chi connectivity index (χ0v) is 19.6. The normalized spacial score (nSPS) is 12.0. The number of para-hydroxylation sites is 1. The van der Waals surface area contributed by atoms with Crippen LogP contribution in [0.15, 0.2) is 41.3 Å². The highest BCUT2D eigenvalue weighted by molar-refractivity contribution is 7.99. The van der Waals surface area contributed by atoms with Crippen LogP contribution in [0.5, 0.6) is 0 Å². The molecular weight excluding hydrogens is 486 g/mol. The molecule has 0 saturated heterocycles. The van der Waals surface area contributed by atoms with Crippen molar-refractivity contribution in [3.63, 3.8) is 0 Å². The summed E-state index contributed by atoms with van der Waals surface area (Å²) in [5.74, 6) is -0.817. The van der Waals surface area contributed by atoms with Gasteiger partial charge in [0.05, 0.1) is 25.7 Å². The summed E-state index contributed by atoms with van der Waals surface area (Å²) in [6, 6.07) is 5.18. The van der Waals surface area contributed by atoms with Crippen molar-refractivity contribution in [1.82, 2.24) is 0 Å². The van der Waals surface area contributed by atoms with Crippen molar-refractivity contribution in [2.24, 2.45) is 5.41 Å². The predicted molar refractivity (Wildman–Crippen MR) is 127 cm³/mol. The van der Waals surface area contributed by atoms with Crippen LogP contribution < -0.4 is 5.32 Å². The summed E-state index contributed by atoms with van der Waals surface area (Å²) in [6.45, 7) is 5.28. The van der Waals surface area contributed by atoms with Crippen molar-refractivity contribution in [1.29, 1.82) is 0 Å². The molecule has 2 rings (SSSR count). The zero-order valence-electron chi connectivity index (χ0n) is 18.8. The molecule has 35 heavy (non-hydrogen) atoms. The molecule has 0 heterocycles. The average Bonchev–Trinajstić information content (AvgIpc) is 2.74. The van der Waals surface area contributed by atoms with Gasteiger partial charge >= 0.3 is 0 Å². The summed E-state index contributed by atoms with van der Waals surface area (Å²) in [7, 11) is 0. The summed E-state index contributed by atoms with van der Waals surface area (Å²) in [4.78, 5) is 55.3.